The van der Waals surface area contributed by atoms with E-state index in [0.717, 1.165) is 11.3 Å². The Morgan fingerprint density at radius 2 is 2.04 bits per heavy atom. The summed E-state index contributed by atoms with van der Waals surface area (Å²) in [4.78, 5) is 28.0. The van der Waals surface area contributed by atoms with Crippen LogP contribution in [-0.4, -0.2) is 22.0 Å². The first-order chi connectivity index (χ1) is 11.6. The van der Waals surface area contributed by atoms with E-state index in [0.29, 0.717) is 5.76 Å². The summed E-state index contributed by atoms with van der Waals surface area (Å²) in [5.41, 5.74) is 0.680. The highest BCUT2D eigenvalue weighted by Crippen LogP contribution is 2.33. The van der Waals surface area contributed by atoms with Crippen LogP contribution in [0.15, 0.2) is 47.1 Å². The fourth-order valence-corrected chi connectivity index (χ4v) is 3.01. The maximum Gasteiger partial charge on any atom is 0.410 e. The number of aromatic nitrogens is 1. The number of thiazole rings is 1. The molecular weight excluding hydrogens is 330 g/mol. The smallest absolute Gasteiger partial charge is 0.410 e. The van der Waals surface area contributed by atoms with E-state index in [1.807, 2.05) is 6.07 Å². The molecule has 1 amide bonds. The fraction of sp³-hybridized carbons (Fsp3) is 0. The van der Waals surface area contributed by atoms with Gasteiger partial charge in [0.05, 0.1) is 17.9 Å². The van der Waals surface area contributed by atoms with E-state index < -0.39 is 11.9 Å². The van der Waals surface area contributed by atoms with Crippen LogP contribution in [0.2, 0.25) is 0 Å². The molecule has 0 radical (unpaired) electrons. The summed E-state index contributed by atoms with van der Waals surface area (Å²) in [5, 5.41) is 20.2. The number of nitrogens with one attached hydrogen (secondary N) is 1. The van der Waals surface area contributed by atoms with Crippen molar-refractivity contribution in [2.45, 2.75) is 0 Å². The van der Waals surface area contributed by atoms with Gasteiger partial charge in [0.15, 0.2) is 10.9 Å². The second-order valence-corrected chi connectivity index (χ2v) is 5.59. The maximum atomic E-state index is 12.8. The number of carbonyl (C=O) groups is 2. The molecule has 0 spiro atoms. The van der Waals surface area contributed by atoms with Gasteiger partial charge in [0.2, 0.25) is 5.78 Å². The quantitative estimate of drug-likeness (QED) is 0.702. The summed E-state index contributed by atoms with van der Waals surface area (Å²) in [6, 6.07) is 11.6. The number of benzene rings is 1. The van der Waals surface area contributed by atoms with Gasteiger partial charge in [-0.05, 0) is 24.3 Å². The Labute approximate surface area is 139 Å². The van der Waals surface area contributed by atoms with Crippen LogP contribution in [0, 0.1) is 11.3 Å². The summed E-state index contributed by atoms with van der Waals surface area (Å²) < 4.78 is 5.27. The minimum atomic E-state index is -1.29. The predicted octanol–water partition coefficient (Wildman–Crippen LogP) is 3.60. The summed E-state index contributed by atoms with van der Waals surface area (Å²) in [6.07, 6.45) is 0.141. The molecule has 0 aliphatic rings. The molecule has 1 aromatic carbocycles. The average molecular weight is 339 g/mol. The van der Waals surface area contributed by atoms with Crippen molar-refractivity contribution < 1.29 is 19.1 Å². The Hall–Kier alpha value is -3.44. The number of anilines is 1. The minimum absolute atomic E-state index is 0.0479. The molecule has 0 aliphatic carbocycles. The van der Waals surface area contributed by atoms with Gasteiger partial charge in [0, 0.05) is 5.56 Å². The van der Waals surface area contributed by atoms with Crippen molar-refractivity contribution in [1.29, 1.82) is 5.26 Å². The molecule has 3 aromatic rings. The van der Waals surface area contributed by atoms with E-state index in [9.17, 15) is 9.59 Å². The summed E-state index contributed by atoms with van der Waals surface area (Å²) in [5.74, 6) is -0.0861. The second-order valence-electron chi connectivity index (χ2n) is 4.59. The molecule has 0 unspecified atom stereocenters. The molecule has 0 fully saturated rings. The highest BCUT2D eigenvalue weighted by molar-refractivity contribution is 7.18. The van der Waals surface area contributed by atoms with Crippen molar-refractivity contribution in [2.24, 2.45) is 0 Å². The lowest BCUT2D eigenvalue weighted by molar-refractivity contribution is 0.104. The first kappa shape index (κ1) is 15.5. The Bertz CT molecular complexity index is 954. The molecular formula is C16H9N3O4S. The van der Waals surface area contributed by atoms with Gasteiger partial charge in [0.1, 0.15) is 10.6 Å². The van der Waals surface area contributed by atoms with Crippen LogP contribution in [0.3, 0.4) is 0 Å². The van der Waals surface area contributed by atoms with Gasteiger partial charge in [-0.25, -0.2) is 9.78 Å². The third kappa shape index (κ3) is 2.88. The van der Waals surface area contributed by atoms with E-state index in [-0.39, 0.29) is 26.8 Å². The van der Waals surface area contributed by atoms with Crippen LogP contribution in [0.25, 0.3) is 11.5 Å². The molecule has 0 saturated carbocycles. The van der Waals surface area contributed by atoms with Crippen molar-refractivity contribution in [3.05, 3.63) is 58.7 Å². The highest BCUT2D eigenvalue weighted by atomic mass is 32.1. The number of amides is 1. The summed E-state index contributed by atoms with van der Waals surface area (Å²) in [7, 11) is 0. The average Bonchev–Trinajstić information content (AvgIpc) is 3.22. The van der Waals surface area contributed by atoms with E-state index in [1.165, 1.54) is 18.4 Å². The van der Waals surface area contributed by atoms with E-state index >= 15 is 0 Å². The number of hydrogen-bond donors (Lipinski definition) is 2. The molecule has 118 valence electrons. The van der Waals surface area contributed by atoms with Crippen molar-refractivity contribution in [2.75, 3.05) is 5.32 Å². The Morgan fingerprint density at radius 1 is 1.25 bits per heavy atom. The molecule has 3 rings (SSSR count). The third-order valence-electron chi connectivity index (χ3n) is 3.09. The lowest BCUT2D eigenvalue weighted by Crippen LogP contribution is -2.06. The summed E-state index contributed by atoms with van der Waals surface area (Å²) >= 11 is 0.886. The first-order valence-electron chi connectivity index (χ1n) is 6.68. The fourth-order valence-electron chi connectivity index (χ4n) is 2.10. The highest BCUT2D eigenvalue weighted by Gasteiger charge is 2.24. The van der Waals surface area contributed by atoms with E-state index in [4.69, 9.17) is 14.8 Å². The Morgan fingerprint density at radius 3 is 2.71 bits per heavy atom. The van der Waals surface area contributed by atoms with E-state index in [1.54, 1.807) is 24.3 Å². The van der Waals surface area contributed by atoms with Crippen LogP contribution in [0.5, 0.6) is 0 Å². The lowest BCUT2D eigenvalue weighted by Gasteiger charge is -2.02. The monoisotopic (exact) mass is 339 g/mol. The third-order valence-corrected chi connectivity index (χ3v) is 4.06. The summed E-state index contributed by atoms with van der Waals surface area (Å²) in [6.45, 7) is 0. The zero-order chi connectivity index (χ0) is 17.1. The number of nitrogens with zero attached hydrogens (tertiary/aromatic N) is 2. The van der Waals surface area contributed by atoms with Crippen molar-refractivity contribution in [3.63, 3.8) is 0 Å². The van der Waals surface area contributed by atoms with Gasteiger partial charge >= 0.3 is 6.09 Å². The van der Waals surface area contributed by atoms with Crippen molar-refractivity contribution >= 4 is 28.3 Å². The van der Waals surface area contributed by atoms with Crippen molar-refractivity contribution in [1.82, 2.24) is 4.98 Å². The maximum absolute atomic E-state index is 12.8. The van der Waals surface area contributed by atoms with Gasteiger partial charge in [-0.15, -0.1) is 0 Å². The number of nitriles is 1. The zero-order valence-corrected chi connectivity index (χ0v) is 12.8. The number of carboxylic acid groups (broad SMARTS) is 1. The number of ketones is 1. The van der Waals surface area contributed by atoms with Crippen molar-refractivity contribution in [3.8, 4) is 17.5 Å². The standard InChI is InChI=1S/C16H9N3O4S/c17-8-9-4-1-2-5-10(9)13(20)14-12(11-6-3-7-23-11)18-15(24-14)19-16(21)22/h1-7H,(H,18,19)(H,21,22). The normalized spacial score (nSPS) is 10.1. The number of carbonyl (C=O) groups excluding carboxylic acids is 1. The topological polar surface area (TPSA) is 116 Å². The van der Waals surface area contributed by atoms with Crippen LogP contribution in [-0.2, 0) is 0 Å². The van der Waals surface area contributed by atoms with Crippen LogP contribution < -0.4 is 5.32 Å². The molecule has 24 heavy (non-hydrogen) atoms. The Kier molecular flexibility index (Phi) is 4.09. The van der Waals surface area contributed by atoms with Crippen LogP contribution >= 0.6 is 11.3 Å². The minimum Gasteiger partial charge on any atom is -0.465 e. The molecule has 0 atom stereocenters. The second kappa shape index (κ2) is 6.36. The first-order valence-corrected chi connectivity index (χ1v) is 7.50. The molecule has 0 aliphatic heterocycles. The molecule has 2 heterocycles. The number of rotatable bonds is 4. The van der Waals surface area contributed by atoms with Gasteiger partial charge in [-0.1, -0.05) is 23.5 Å². The van der Waals surface area contributed by atoms with Gasteiger partial charge in [0.25, 0.3) is 0 Å². The molecule has 8 heteroatoms. The van der Waals surface area contributed by atoms with Gasteiger partial charge in [-0.3, -0.25) is 10.1 Å². The number of hydrogen-bond acceptors (Lipinski definition) is 6. The van der Waals surface area contributed by atoms with Crippen LogP contribution in [0.4, 0.5) is 9.93 Å². The largest absolute Gasteiger partial charge is 0.465 e. The van der Waals surface area contributed by atoms with Gasteiger partial charge < -0.3 is 9.52 Å². The SMILES string of the molecule is N#Cc1ccccc1C(=O)c1sc(NC(=O)O)nc1-c1ccco1. The lowest BCUT2D eigenvalue weighted by atomic mass is 10.0. The molecule has 7 nitrogen and oxygen atoms in total. The zero-order valence-electron chi connectivity index (χ0n) is 12.0. The van der Waals surface area contributed by atoms with E-state index in [2.05, 4.69) is 10.3 Å². The molecule has 0 saturated heterocycles. The number of furan rings is 1. The van der Waals surface area contributed by atoms with Crippen LogP contribution in [0.1, 0.15) is 20.8 Å². The van der Waals surface area contributed by atoms with Gasteiger partial charge in [-0.2, -0.15) is 5.26 Å². The molecule has 2 aromatic heterocycles. The Balaban J connectivity index is 2.12. The molecule has 2 N–H and O–H groups in total. The molecule has 0 bridgehead atoms. The predicted molar refractivity (Wildman–Crippen MR) is 86.1 cm³/mol.